The second-order valence-electron chi connectivity index (χ2n) is 10.1. The van der Waals surface area contributed by atoms with Gasteiger partial charge in [-0.1, -0.05) is 68.4 Å². The number of aliphatic hydroxyl groups excluding tert-OH is 6. The average molecular weight is 621 g/mol. The van der Waals surface area contributed by atoms with Crippen molar-refractivity contribution in [2.24, 2.45) is 0 Å². The minimum Gasteiger partial charge on any atom is -0.463 e. The van der Waals surface area contributed by atoms with Crippen molar-refractivity contribution in [2.75, 3.05) is 13.2 Å². The van der Waals surface area contributed by atoms with Gasteiger partial charge in [0, 0.05) is 6.42 Å². The van der Waals surface area contributed by atoms with Crippen LogP contribution in [0, 0.1) is 0 Å². The van der Waals surface area contributed by atoms with Gasteiger partial charge in [-0.05, 0) is 44.9 Å². The van der Waals surface area contributed by atoms with Gasteiger partial charge in [0.15, 0.2) is 0 Å². The molecule has 1 aliphatic carbocycles. The zero-order valence-corrected chi connectivity index (χ0v) is 25.2. The van der Waals surface area contributed by atoms with Gasteiger partial charge in [-0.25, -0.2) is 4.57 Å². The average Bonchev–Trinajstić information content (AvgIpc) is 2.96. The number of allylic oxidation sites excluding steroid dienone is 8. The number of hydrogen-bond donors (Lipinski definition) is 7. The summed E-state index contributed by atoms with van der Waals surface area (Å²) in [5.41, 5.74) is 0. The minimum absolute atomic E-state index is 0.112. The molecule has 0 saturated heterocycles. The fourth-order valence-electron chi connectivity index (χ4n) is 3.92. The third-order valence-corrected chi connectivity index (χ3v) is 7.39. The summed E-state index contributed by atoms with van der Waals surface area (Å²) in [7, 11) is -5.00. The minimum atomic E-state index is -5.00. The first kappa shape index (κ1) is 38.3. The Hall–Kier alpha value is -1.70. The van der Waals surface area contributed by atoms with Gasteiger partial charge < -0.3 is 40.3 Å². The summed E-state index contributed by atoms with van der Waals surface area (Å²) in [6.07, 6.45) is 12.5. The maximum absolute atomic E-state index is 12.1. The SMILES string of the molecule is CCCCC/C=C\C/C=C\C/C=C\C/C=C\CCCC(=O)OC[C@@H](O)COP(=O)(O)OC1[C@H](O)[C@H](O)C(O)[C@H](O)[C@H]1O. The highest BCUT2D eigenvalue weighted by Gasteiger charge is 2.51. The van der Waals surface area contributed by atoms with Crippen molar-refractivity contribution in [1.82, 2.24) is 0 Å². The Balaban J connectivity index is 2.15. The van der Waals surface area contributed by atoms with Crippen LogP contribution in [0.25, 0.3) is 0 Å². The smallest absolute Gasteiger partial charge is 0.463 e. The lowest BCUT2D eigenvalue weighted by Gasteiger charge is -2.41. The summed E-state index contributed by atoms with van der Waals surface area (Å²) < 4.78 is 26.3. The number of phosphoric acid groups is 1. The Morgan fingerprint density at radius 2 is 1.21 bits per heavy atom. The molecular formula is C29H49O12P. The molecule has 1 fully saturated rings. The molecule has 0 radical (unpaired) electrons. The van der Waals surface area contributed by atoms with Gasteiger partial charge in [0.05, 0.1) is 6.61 Å². The normalized spacial score (nSPS) is 27.3. The summed E-state index contributed by atoms with van der Waals surface area (Å²) in [6.45, 7) is 0.894. The van der Waals surface area contributed by atoms with Gasteiger partial charge in [0.1, 0.15) is 49.3 Å². The standard InChI is InChI=1S/C29H49O12P/c1-2-3-4-5-6-7-8-9-10-11-12-13-14-15-16-17-18-19-23(31)39-20-22(30)21-40-42(37,38)41-29-27(35)25(33)24(32)26(34)28(29)36/h6-7,9-10,12-13,15-16,22,24-30,32-36H,2-5,8,11,14,17-21H2,1H3,(H,37,38)/b7-6-,10-9-,13-12-,16-15-/t22-,24?,25-,26+,27-,28-,29?/m1/s1. The van der Waals surface area contributed by atoms with Crippen molar-refractivity contribution >= 4 is 13.8 Å². The molecule has 1 rings (SSSR count). The molecule has 1 saturated carbocycles. The van der Waals surface area contributed by atoms with E-state index in [0.717, 1.165) is 25.7 Å². The molecular weight excluding hydrogens is 571 g/mol. The van der Waals surface area contributed by atoms with Crippen molar-refractivity contribution in [1.29, 1.82) is 0 Å². The lowest BCUT2D eigenvalue weighted by molar-refractivity contribution is -0.220. The van der Waals surface area contributed by atoms with Gasteiger partial charge in [-0.2, -0.15) is 0 Å². The van der Waals surface area contributed by atoms with E-state index in [2.05, 4.69) is 52.4 Å². The zero-order chi connectivity index (χ0) is 31.4. The van der Waals surface area contributed by atoms with E-state index in [9.17, 15) is 44.9 Å². The molecule has 3 unspecified atom stereocenters. The molecule has 242 valence electrons. The molecule has 42 heavy (non-hydrogen) atoms. The Morgan fingerprint density at radius 3 is 1.74 bits per heavy atom. The lowest BCUT2D eigenvalue weighted by atomic mass is 9.85. The maximum atomic E-state index is 12.1. The highest BCUT2D eigenvalue weighted by Crippen LogP contribution is 2.47. The fourth-order valence-corrected chi connectivity index (χ4v) is 4.90. The van der Waals surface area contributed by atoms with E-state index in [1.54, 1.807) is 0 Å². The van der Waals surface area contributed by atoms with E-state index in [1.165, 1.54) is 19.3 Å². The Morgan fingerprint density at radius 1 is 0.738 bits per heavy atom. The first-order chi connectivity index (χ1) is 20.0. The monoisotopic (exact) mass is 620 g/mol. The van der Waals surface area contributed by atoms with Gasteiger partial charge in [-0.15, -0.1) is 0 Å². The molecule has 12 nitrogen and oxygen atoms in total. The van der Waals surface area contributed by atoms with E-state index in [-0.39, 0.29) is 6.42 Å². The predicted molar refractivity (Wildman–Crippen MR) is 156 cm³/mol. The third kappa shape index (κ3) is 16.2. The number of rotatable bonds is 21. The Labute approximate surface area is 248 Å². The Bertz CT molecular complexity index is 889. The molecule has 1 aliphatic rings. The van der Waals surface area contributed by atoms with E-state index in [4.69, 9.17) is 4.74 Å². The van der Waals surface area contributed by atoms with Crippen molar-refractivity contribution in [2.45, 2.75) is 114 Å². The van der Waals surface area contributed by atoms with Gasteiger partial charge in [0.2, 0.25) is 0 Å². The van der Waals surface area contributed by atoms with E-state index in [0.29, 0.717) is 12.8 Å². The van der Waals surface area contributed by atoms with Gasteiger partial charge in [0.25, 0.3) is 0 Å². The molecule has 8 atom stereocenters. The molecule has 0 aromatic heterocycles. The highest BCUT2D eigenvalue weighted by molar-refractivity contribution is 7.47. The highest BCUT2D eigenvalue weighted by atomic mass is 31.2. The van der Waals surface area contributed by atoms with Crippen molar-refractivity contribution in [3.05, 3.63) is 48.6 Å². The van der Waals surface area contributed by atoms with Crippen LogP contribution in [0.15, 0.2) is 48.6 Å². The summed E-state index contributed by atoms with van der Waals surface area (Å²) >= 11 is 0. The molecule has 0 aromatic carbocycles. The number of carbonyl (C=O) groups is 1. The van der Waals surface area contributed by atoms with Crippen molar-refractivity contribution in [3.63, 3.8) is 0 Å². The molecule has 0 aliphatic heterocycles. The van der Waals surface area contributed by atoms with Crippen LogP contribution in [0.5, 0.6) is 0 Å². The second-order valence-corrected chi connectivity index (χ2v) is 11.5. The number of ether oxygens (including phenoxy) is 1. The lowest BCUT2D eigenvalue weighted by Crippen LogP contribution is -2.64. The van der Waals surface area contributed by atoms with Crippen LogP contribution in [0.2, 0.25) is 0 Å². The topological polar surface area (TPSA) is 203 Å². The van der Waals surface area contributed by atoms with Crippen LogP contribution in [0.4, 0.5) is 0 Å². The zero-order valence-electron chi connectivity index (χ0n) is 24.3. The number of carbonyl (C=O) groups excluding carboxylic acids is 1. The van der Waals surface area contributed by atoms with Crippen LogP contribution < -0.4 is 0 Å². The summed E-state index contributed by atoms with van der Waals surface area (Å²) in [4.78, 5) is 21.7. The summed E-state index contributed by atoms with van der Waals surface area (Å²) in [6, 6.07) is 0. The van der Waals surface area contributed by atoms with E-state index >= 15 is 0 Å². The van der Waals surface area contributed by atoms with Crippen LogP contribution >= 0.6 is 7.82 Å². The number of aliphatic hydroxyl groups is 6. The number of hydrogen-bond acceptors (Lipinski definition) is 11. The Kier molecular flexibility index (Phi) is 20.0. The molecule has 0 amide bonds. The van der Waals surface area contributed by atoms with Crippen LogP contribution in [0.3, 0.4) is 0 Å². The predicted octanol–water partition coefficient (Wildman–Crippen LogP) is 2.36. The molecule has 13 heteroatoms. The number of esters is 1. The van der Waals surface area contributed by atoms with Crippen LogP contribution in [0.1, 0.15) is 71.1 Å². The largest absolute Gasteiger partial charge is 0.472 e. The quantitative estimate of drug-likeness (QED) is 0.0428. The van der Waals surface area contributed by atoms with Crippen molar-refractivity contribution < 1.29 is 58.7 Å². The van der Waals surface area contributed by atoms with Gasteiger partial charge >= 0.3 is 13.8 Å². The first-order valence-electron chi connectivity index (χ1n) is 14.5. The molecule has 0 heterocycles. The van der Waals surface area contributed by atoms with E-state index in [1.807, 2.05) is 12.2 Å². The van der Waals surface area contributed by atoms with Crippen LogP contribution in [-0.4, -0.2) is 97.4 Å². The molecule has 0 aromatic rings. The maximum Gasteiger partial charge on any atom is 0.472 e. The summed E-state index contributed by atoms with van der Waals surface area (Å²) in [5, 5.41) is 58.5. The molecule has 0 spiro atoms. The van der Waals surface area contributed by atoms with E-state index < -0.39 is 69.7 Å². The number of phosphoric ester groups is 1. The van der Waals surface area contributed by atoms with Crippen molar-refractivity contribution in [3.8, 4) is 0 Å². The molecule has 0 bridgehead atoms. The number of unbranched alkanes of at least 4 members (excludes halogenated alkanes) is 4. The molecule has 7 N–H and O–H groups in total. The second kappa shape index (κ2) is 21.9. The van der Waals surface area contributed by atoms with Crippen LogP contribution in [-0.2, 0) is 23.1 Å². The first-order valence-corrected chi connectivity index (χ1v) is 16.0. The fraction of sp³-hybridized carbons (Fsp3) is 0.690. The summed E-state index contributed by atoms with van der Waals surface area (Å²) in [5.74, 6) is -0.566. The van der Waals surface area contributed by atoms with Gasteiger partial charge in [-0.3, -0.25) is 13.8 Å². The third-order valence-electron chi connectivity index (χ3n) is 6.40.